The summed E-state index contributed by atoms with van der Waals surface area (Å²) in [5, 5.41) is 9.78. The van der Waals surface area contributed by atoms with E-state index < -0.39 is 0 Å². The summed E-state index contributed by atoms with van der Waals surface area (Å²) in [5.74, 6) is 0.0897. The summed E-state index contributed by atoms with van der Waals surface area (Å²) >= 11 is 1.06. The van der Waals surface area contributed by atoms with Crippen LogP contribution < -0.4 is 0 Å². The molecule has 128 valence electrons. The molecule has 2 amide bonds. The largest absolute Gasteiger partial charge is 0.343 e. The van der Waals surface area contributed by atoms with Crippen molar-refractivity contribution in [3.05, 3.63) is 71.4 Å². The molecule has 1 saturated heterocycles. The predicted octanol–water partition coefficient (Wildman–Crippen LogP) is 3.76. The molecule has 0 atom stereocenters. The third-order valence-corrected chi connectivity index (χ3v) is 5.33. The van der Waals surface area contributed by atoms with Gasteiger partial charge in [-0.15, -0.1) is 0 Å². The molecule has 1 aliphatic heterocycles. The SMILES string of the molecule is N#Cc1ccc(Cn2cc(CN3C(=O)CSC3=O)c3ccccc32)cc1. The van der Waals surface area contributed by atoms with Gasteiger partial charge in [0.15, 0.2) is 0 Å². The second-order valence-corrected chi connectivity index (χ2v) is 7.07. The Hall–Kier alpha value is -3.04. The summed E-state index contributed by atoms with van der Waals surface area (Å²) in [6.45, 7) is 0.953. The first-order valence-corrected chi connectivity index (χ1v) is 9.17. The average Bonchev–Trinajstić information content (AvgIpc) is 3.18. The number of nitriles is 1. The fraction of sp³-hybridized carbons (Fsp3) is 0.150. The van der Waals surface area contributed by atoms with Gasteiger partial charge in [-0.05, 0) is 29.3 Å². The maximum Gasteiger partial charge on any atom is 0.289 e. The number of carbonyl (C=O) groups excluding carboxylic acids is 2. The summed E-state index contributed by atoms with van der Waals surface area (Å²) in [7, 11) is 0. The van der Waals surface area contributed by atoms with Gasteiger partial charge in [0, 0.05) is 23.6 Å². The third-order valence-electron chi connectivity index (χ3n) is 4.48. The molecule has 0 bridgehead atoms. The number of para-hydroxylation sites is 1. The number of hydrogen-bond acceptors (Lipinski definition) is 4. The van der Waals surface area contributed by atoms with E-state index in [1.54, 1.807) is 12.1 Å². The highest BCUT2D eigenvalue weighted by Gasteiger charge is 2.30. The number of nitrogens with zero attached hydrogens (tertiary/aromatic N) is 3. The maximum atomic E-state index is 11.9. The van der Waals surface area contributed by atoms with E-state index in [1.807, 2.05) is 42.6 Å². The number of fused-ring (bicyclic) bond motifs is 1. The van der Waals surface area contributed by atoms with Gasteiger partial charge in [0.25, 0.3) is 5.24 Å². The molecule has 2 heterocycles. The molecule has 1 aromatic heterocycles. The molecule has 0 spiro atoms. The van der Waals surface area contributed by atoms with Crippen LogP contribution in [0.3, 0.4) is 0 Å². The number of carbonyl (C=O) groups is 2. The van der Waals surface area contributed by atoms with Crippen molar-refractivity contribution < 1.29 is 9.59 Å². The van der Waals surface area contributed by atoms with Gasteiger partial charge < -0.3 is 4.57 Å². The Bertz CT molecular complexity index is 1030. The van der Waals surface area contributed by atoms with Crippen LogP contribution in [-0.2, 0) is 17.9 Å². The topological polar surface area (TPSA) is 66.1 Å². The van der Waals surface area contributed by atoms with E-state index in [2.05, 4.69) is 10.6 Å². The Labute approximate surface area is 154 Å². The molecule has 1 fully saturated rings. The van der Waals surface area contributed by atoms with Crippen LogP contribution in [0.1, 0.15) is 16.7 Å². The van der Waals surface area contributed by atoms with Gasteiger partial charge in [-0.2, -0.15) is 5.26 Å². The zero-order valence-corrected chi connectivity index (χ0v) is 14.7. The molecule has 6 heteroatoms. The quantitative estimate of drug-likeness (QED) is 0.710. The van der Waals surface area contributed by atoms with E-state index >= 15 is 0 Å². The van der Waals surface area contributed by atoms with Crippen LogP contribution in [-0.4, -0.2) is 26.4 Å². The van der Waals surface area contributed by atoms with Crippen LogP contribution in [0.4, 0.5) is 4.79 Å². The molecule has 26 heavy (non-hydrogen) atoms. The molecule has 0 aliphatic carbocycles. The summed E-state index contributed by atoms with van der Waals surface area (Å²) in [5.41, 5.74) is 3.73. The van der Waals surface area contributed by atoms with Crippen LogP contribution in [0.15, 0.2) is 54.7 Å². The van der Waals surface area contributed by atoms with E-state index in [0.29, 0.717) is 18.7 Å². The average molecular weight is 361 g/mol. The summed E-state index contributed by atoms with van der Waals surface area (Å²) in [4.78, 5) is 25.2. The molecule has 0 radical (unpaired) electrons. The molecule has 0 unspecified atom stereocenters. The lowest BCUT2D eigenvalue weighted by molar-refractivity contribution is -0.124. The third kappa shape index (κ3) is 2.98. The minimum Gasteiger partial charge on any atom is -0.343 e. The van der Waals surface area contributed by atoms with Crippen molar-refractivity contribution in [2.75, 3.05) is 5.75 Å². The second kappa shape index (κ2) is 6.70. The number of aromatic nitrogens is 1. The van der Waals surface area contributed by atoms with E-state index in [1.165, 1.54) is 4.90 Å². The minimum atomic E-state index is -0.182. The lowest BCUT2D eigenvalue weighted by atomic mass is 10.1. The van der Waals surface area contributed by atoms with Crippen molar-refractivity contribution in [2.45, 2.75) is 13.1 Å². The van der Waals surface area contributed by atoms with Crippen molar-refractivity contribution in [2.24, 2.45) is 0 Å². The first-order chi connectivity index (χ1) is 12.7. The van der Waals surface area contributed by atoms with Gasteiger partial charge >= 0.3 is 0 Å². The van der Waals surface area contributed by atoms with E-state index in [9.17, 15) is 9.59 Å². The number of benzene rings is 2. The fourth-order valence-electron chi connectivity index (χ4n) is 3.17. The second-order valence-electron chi connectivity index (χ2n) is 6.14. The van der Waals surface area contributed by atoms with E-state index in [4.69, 9.17) is 5.26 Å². The molecule has 3 aromatic rings. The summed E-state index contributed by atoms with van der Waals surface area (Å²) < 4.78 is 2.12. The van der Waals surface area contributed by atoms with Crippen molar-refractivity contribution in [1.29, 1.82) is 5.26 Å². The van der Waals surface area contributed by atoms with Gasteiger partial charge in [0.1, 0.15) is 0 Å². The summed E-state index contributed by atoms with van der Waals surface area (Å²) in [6, 6.07) is 17.6. The van der Waals surface area contributed by atoms with Gasteiger partial charge in [-0.25, -0.2) is 0 Å². The number of hydrogen-bond donors (Lipinski definition) is 0. The molecular formula is C20H15N3O2S. The summed E-state index contributed by atoms with van der Waals surface area (Å²) in [6.07, 6.45) is 2.01. The lowest BCUT2D eigenvalue weighted by Gasteiger charge is -2.11. The molecular weight excluding hydrogens is 346 g/mol. The van der Waals surface area contributed by atoms with Crippen molar-refractivity contribution in [3.8, 4) is 6.07 Å². The number of thioether (sulfide) groups is 1. The monoisotopic (exact) mass is 361 g/mol. The molecule has 4 rings (SSSR count). The highest BCUT2D eigenvalue weighted by molar-refractivity contribution is 8.14. The van der Waals surface area contributed by atoms with Gasteiger partial charge in [0.05, 0.1) is 23.9 Å². The standard InChI is InChI=1S/C20H15N3O2S/c21-9-14-5-7-15(8-6-14)10-22-11-16(17-3-1-2-4-18(17)22)12-23-19(24)13-26-20(23)25/h1-8,11H,10,12-13H2. The normalized spacial score (nSPS) is 14.2. The maximum absolute atomic E-state index is 11.9. The number of imide groups is 1. The fourth-order valence-corrected chi connectivity index (χ4v) is 3.89. The van der Waals surface area contributed by atoms with Crippen molar-refractivity contribution in [1.82, 2.24) is 9.47 Å². The first-order valence-electron chi connectivity index (χ1n) is 8.18. The van der Waals surface area contributed by atoms with Crippen molar-refractivity contribution >= 4 is 33.8 Å². The Morgan fingerprint density at radius 2 is 1.81 bits per heavy atom. The zero-order valence-electron chi connectivity index (χ0n) is 13.9. The zero-order chi connectivity index (χ0) is 18.1. The van der Waals surface area contributed by atoms with E-state index in [0.717, 1.165) is 33.8 Å². The molecule has 0 saturated carbocycles. The molecule has 2 aromatic carbocycles. The van der Waals surface area contributed by atoms with Crippen LogP contribution in [0.25, 0.3) is 10.9 Å². The Kier molecular flexibility index (Phi) is 4.23. The highest BCUT2D eigenvalue weighted by Crippen LogP contribution is 2.27. The predicted molar refractivity (Wildman–Crippen MR) is 101 cm³/mol. The number of rotatable bonds is 4. The lowest BCUT2D eigenvalue weighted by Crippen LogP contribution is -2.27. The minimum absolute atomic E-state index is 0.135. The van der Waals surface area contributed by atoms with Crippen LogP contribution in [0.2, 0.25) is 0 Å². The first kappa shape index (κ1) is 16.4. The van der Waals surface area contributed by atoms with Crippen LogP contribution in [0, 0.1) is 11.3 Å². The van der Waals surface area contributed by atoms with Gasteiger partial charge in [-0.1, -0.05) is 42.1 Å². The van der Waals surface area contributed by atoms with Crippen LogP contribution >= 0.6 is 11.8 Å². The smallest absolute Gasteiger partial charge is 0.289 e. The van der Waals surface area contributed by atoms with Gasteiger partial charge in [-0.3, -0.25) is 14.5 Å². The highest BCUT2D eigenvalue weighted by atomic mass is 32.2. The van der Waals surface area contributed by atoms with Crippen LogP contribution in [0.5, 0.6) is 0 Å². The Balaban J connectivity index is 1.68. The van der Waals surface area contributed by atoms with Gasteiger partial charge in [0.2, 0.25) is 5.91 Å². The molecule has 1 aliphatic rings. The molecule has 0 N–H and O–H groups in total. The van der Waals surface area contributed by atoms with Crippen molar-refractivity contribution in [3.63, 3.8) is 0 Å². The number of amides is 2. The Morgan fingerprint density at radius 3 is 2.50 bits per heavy atom. The van der Waals surface area contributed by atoms with E-state index in [-0.39, 0.29) is 16.9 Å². The molecule has 5 nitrogen and oxygen atoms in total. The Morgan fingerprint density at radius 1 is 1.04 bits per heavy atom.